The second kappa shape index (κ2) is 10.3. The summed E-state index contributed by atoms with van der Waals surface area (Å²) in [5.41, 5.74) is 0.830. The SMILES string of the molecule is CC(C)(C)CC1NC(C(=O)Nc2ccc(C(C)(C)C(=O)NCCCO)cc2)CC1C#N. The number of hydrogen-bond acceptors (Lipinski definition) is 5. The Morgan fingerprint density at radius 3 is 2.39 bits per heavy atom. The third-order valence-electron chi connectivity index (χ3n) is 5.77. The normalized spacial score (nSPS) is 21.4. The fraction of sp³-hybridized carbons (Fsp3) is 0.625. The highest BCUT2D eigenvalue weighted by Crippen LogP contribution is 2.31. The molecule has 2 rings (SSSR count). The zero-order chi connectivity index (χ0) is 23.2. The molecule has 1 aliphatic rings. The van der Waals surface area contributed by atoms with E-state index in [0.29, 0.717) is 25.1 Å². The Bertz CT molecular complexity index is 806. The molecule has 7 heteroatoms. The molecule has 0 saturated carbocycles. The molecule has 0 radical (unpaired) electrons. The van der Waals surface area contributed by atoms with Gasteiger partial charge in [-0.3, -0.25) is 9.59 Å². The third kappa shape index (κ3) is 6.78. The van der Waals surface area contributed by atoms with Crippen molar-refractivity contribution in [2.75, 3.05) is 18.5 Å². The van der Waals surface area contributed by atoms with E-state index in [2.05, 4.69) is 42.8 Å². The minimum absolute atomic E-state index is 0.00766. The van der Waals surface area contributed by atoms with Crippen LogP contribution >= 0.6 is 0 Å². The smallest absolute Gasteiger partial charge is 0.241 e. The summed E-state index contributed by atoms with van der Waals surface area (Å²) < 4.78 is 0. The van der Waals surface area contributed by atoms with Crippen LogP contribution in [0.25, 0.3) is 0 Å². The Morgan fingerprint density at radius 1 is 1.19 bits per heavy atom. The Morgan fingerprint density at radius 2 is 1.84 bits per heavy atom. The first kappa shape index (κ1) is 24.8. The Balaban J connectivity index is 1.99. The van der Waals surface area contributed by atoms with Gasteiger partial charge in [0.2, 0.25) is 11.8 Å². The van der Waals surface area contributed by atoms with Gasteiger partial charge in [-0.05, 0) is 56.2 Å². The highest BCUT2D eigenvalue weighted by Gasteiger charge is 2.39. The van der Waals surface area contributed by atoms with Crippen LogP contribution in [0, 0.1) is 22.7 Å². The van der Waals surface area contributed by atoms with E-state index in [0.717, 1.165) is 12.0 Å². The lowest BCUT2D eigenvalue weighted by Crippen LogP contribution is -2.41. The lowest BCUT2D eigenvalue weighted by atomic mass is 9.83. The molecule has 1 saturated heterocycles. The summed E-state index contributed by atoms with van der Waals surface area (Å²) in [5, 5.41) is 27.4. The molecule has 0 aromatic heterocycles. The van der Waals surface area contributed by atoms with Crippen molar-refractivity contribution in [3.05, 3.63) is 29.8 Å². The van der Waals surface area contributed by atoms with E-state index in [1.54, 1.807) is 12.1 Å². The molecule has 0 bridgehead atoms. The van der Waals surface area contributed by atoms with Crippen LogP contribution in [0.2, 0.25) is 0 Å². The molecule has 1 aromatic rings. The highest BCUT2D eigenvalue weighted by atomic mass is 16.3. The first-order valence-corrected chi connectivity index (χ1v) is 10.9. The van der Waals surface area contributed by atoms with E-state index in [1.807, 2.05) is 26.0 Å². The lowest BCUT2D eigenvalue weighted by molar-refractivity contribution is -0.125. The maximum absolute atomic E-state index is 12.8. The summed E-state index contributed by atoms with van der Waals surface area (Å²) in [6.45, 7) is 10.5. The maximum Gasteiger partial charge on any atom is 0.241 e. The molecular formula is C24H36N4O3. The summed E-state index contributed by atoms with van der Waals surface area (Å²) in [7, 11) is 0. The summed E-state index contributed by atoms with van der Waals surface area (Å²) in [4.78, 5) is 25.2. The van der Waals surface area contributed by atoms with Crippen molar-refractivity contribution in [2.45, 2.75) is 71.4 Å². The molecule has 3 unspecified atom stereocenters. The van der Waals surface area contributed by atoms with Gasteiger partial charge in [-0.2, -0.15) is 5.26 Å². The van der Waals surface area contributed by atoms with E-state index >= 15 is 0 Å². The molecule has 0 aliphatic carbocycles. The van der Waals surface area contributed by atoms with Crippen molar-refractivity contribution < 1.29 is 14.7 Å². The van der Waals surface area contributed by atoms with E-state index in [1.165, 1.54) is 0 Å². The average molecular weight is 429 g/mol. The van der Waals surface area contributed by atoms with Crippen LogP contribution in [0.5, 0.6) is 0 Å². The standard InChI is InChI=1S/C24H36N4O3/c1-23(2,3)14-20-16(15-25)13-19(28-20)21(30)27-18-9-7-17(8-10-18)24(4,5)22(31)26-11-6-12-29/h7-10,16,19-20,28-29H,6,11-14H2,1-5H3,(H,26,31)(H,27,30). The summed E-state index contributed by atoms with van der Waals surface area (Å²) in [6.07, 6.45) is 1.85. The predicted molar refractivity (Wildman–Crippen MR) is 121 cm³/mol. The number of nitrogens with zero attached hydrogens (tertiary/aromatic N) is 1. The minimum Gasteiger partial charge on any atom is -0.396 e. The van der Waals surface area contributed by atoms with Gasteiger partial charge in [0.1, 0.15) is 0 Å². The van der Waals surface area contributed by atoms with Crippen molar-refractivity contribution in [3.63, 3.8) is 0 Å². The van der Waals surface area contributed by atoms with E-state index in [9.17, 15) is 14.9 Å². The van der Waals surface area contributed by atoms with Crippen LogP contribution < -0.4 is 16.0 Å². The van der Waals surface area contributed by atoms with E-state index in [4.69, 9.17) is 5.11 Å². The van der Waals surface area contributed by atoms with Gasteiger partial charge in [-0.15, -0.1) is 0 Å². The van der Waals surface area contributed by atoms with Gasteiger partial charge in [0.25, 0.3) is 0 Å². The zero-order valence-electron chi connectivity index (χ0n) is 19.3. The first-order valence-electron chi connectivity index (χ1n) is 10.9. The molecule has 170 valence electrons. The summed E-state index contributed by atoms with van der Waals surface area (Å²) in [6, 6.07) is 9.21. The number of carbonyl (C=O) groups is 2. The number of amides is 2. The number of carbonyl (C=O) groups excluding carboxylic acids is 2. The maximum atomic E-state index is 12.8. The zero-order valence-corrected chi connectivity index (χ0v) is 19.3. The number of anilines is 1. The van der Waals surface area contributed by atoms with Gasteiger partial charge in [0.05, 0.1) is 23.4 Å². The number of rotatable bonds is 8. The largest absolute Gasteiger partial charge is 0.396 e. The second-order valence-corrected chi connectivity index (χ2v) is 10.1. The van der Waals surface area contributed by atoms with Gasteiger partial charge in [-0.25, -0.2) is 0 Å². The van der Waals surface area contributed by atoms with Crippen LogP contribution in [0.4, 0.5) is 5.69 Å². The van der Waals surface area contributed by atoms with Crippen LogP contribution in [-0.4, -0.2) is 42.2 Å². The van der Waals surface area contributed by atoms with Gasteiger partial charge in [0, 0.05) is 24.9 Å². The predicted octanol–water partition coefficient (Wildman–Crippen LogP) is 2.71. The molecule has 2 amide bonds. The van der Waals surface area contributed by atoms with Crippen molar-refractivity contribution in [1.82, 2.24) is 10.6 Å². The Kier molecular flexibility index (Phi) is 8.21. The molecule has 4 N–H and O–H groups in total. The highest BCUT2D eigenvalue weighted by molar-refractivity contribution is 5.95. The topological polar surface area (TPSA) is 114 Å². The molecule has 7 nitrogen and oxygen atoms in total. The fourth-order valence-corrected chi connectivity index (χ4v) is 3.88. The average Bonchev–Trinajstić information content (AvgIpc) is 3.09. The quantitative estimate of drug-likeness (QED) is 0.475. The summed E-state index contributed by atoms with van der Waals surface area (Å²) >= 11 is 0. The molecule has 1 aromatic carbocycles. The Hall–Kier alpha value is -2.43. The van der Waals surface area contributed by atoms with Gasteiger partial charge >= 0.3 is 0 Å². The van der Waals surface area contributed by atoms with Crippen molar-refractivity contribution >= 4 is 17.5 Å². The fourth-order valence-electron chi connectivity index (χ4n) is 3.88. The minimum atomic E-state index is -0.731. The number of benzene rings is 1. The number of hydrogen-bond donors (Lipinski definition) is 4. The number of nitrogens with one attached hydrogen (secondary N) is 3. The number of aliphatic hydroxyl groups excluding tert-OH is 1. The van der Waals surface area contributed by atoms with Crippen molar-refractivity contribution in [1.29, 1.82) is 5.26 Å². The number of aliphatic hydroxyl groups is 1. The first-order chi connectivity index (χ1) is 14.5. The molecule has 1 fully saturated rings. The Labute approximate surface area is 185 Å². The van der Waals surface area contributed by atoms with Crippen LogP contribution in [0.1, 0.15) is 59.4 Å². The van der Waals surface area contributed by atoms with Gasteiger partial charge < -0.3 is 21.1 Å². The summed E-state index contributed by atoms with van der Waals surface area (Å²) in [5.74, 6) is -0.437. The van der Waals surface area contributed by atoms with Crippen molar-refractivity contribution in [2.24, 2.45) is 11.3 Å². The van der Waals surface area contributed by atoms with Crippen LogP contribution in [0.3, 0.4) is 0 Å². The molecule has 31 heavy (non-hydrogen) atoms. The molecular weight excluding hydrogens is 392 g/mol. The van der Waals surface area contributed by atoms with E-state index in [-0.39, 0.29) is 35.8 Å². The third-order valence-corrected chi connectivity index (χ3v) is 5.77. The number of nitriles is 1. The van der Waals surface area contributed by atoms with Gasteiger partial charge in [-0.1, -0.05) is 32.9 Å². The van der Waals surface area contributed by atoms with E-state index < -0.39 is 11.5 Å². The molecule has 1 heterocycles. The van der Waals surface area contributed by atoms with Gasteiger partial charge in [0.15, 0.2) is 0 Å². The van der Waals surface area contributed by atoms with Crippen LogP contribution in [0.15, 0.2) is 24.3 Å². The van der Waals surface area contributed by atoms with Crippen LogP contribution in [-0.2, 0) is 15.0 Å². The monoisotopic (exact) mass is 428 g/mol. The molecule has 3 atom stereocenters. The lowest BCUT2D eigenvalue weighted by Gasteiger charge is -2.25. The molecule has 1 aliphatic heterocycles. The molecule has 0 spiro atoms. The van der Waals surface area contributed by atoms with Crippen molar-refractivity contribution in [3.8, 4) is 6.07 Å². The second-order valence-electron chi connectivity index (χ2n) is 10.1.